The van der Waals surface area contributed by atoms with Gasteiger partial charge in [-0.05, 0) is 38.3 Å². The molecule has 0 aliphatic carbocycles. The first-order chi connectivity index (χ1) is 24.3. The van der Waals surface area contributed by atoms with Crippen molar-refractivity contribution in [2.75, 3.05) is 18.8 Å². The van der Waals surface area contributed by atoms with E-state index in [0.717, 1.165) is 22.0 Å². The van der Waals surface area contributed by atoms with Gasteiger partial charge >= 0.3 is 0 Å². The van der Waals surface area contributed by atoms with Crippen LogP contribution in [0.2, 0.25) is 0 Å². The number of aliphatic hydroxyl groups is 2. The number of carbonyl (C=O) groups excluding carboxylic acids is 7. The fraction of sp³-hybridized carbons (Fsp3) is 0.545. The number of hydrogen-bond acceptors (Lipinski definition) is 10. The van der Waals surface area contributed by atoms with E-state index in [2.05, 4.69) is 36.9 Å². The van der Waals surface area contributed by atoms with Crippen LogP contribution >= 0.6 is 11.8 Å². The lowest BCUT2D eigenvalue weighted by Gasteiger charge is -2.31. The van der Waals surface area contributed by atoms with E-state index in [0.29, 0.717) is 22.5 Å². The zero-order chi connectivity index (χ0) is 37.0. The van der Waals surface area contributed by atoms with Crippen molar-refractivity contribution in [2.24, 2.45) is 0 Å². The van der Waals surface area contributed by atoms with Crippen molar-refractivity contribution in [1.29, 1.82) is 0 Å². The third kappa shape index (κ3) is 8.45. The topological polar surface area (TPSA) is 251 Å². The third-order valence-corrected chi connectivity index (χ3v) is 10.3. The lowest BCUT2D eigenvalue weighted by Crippen LogP contribution is -2.61. The van der Waals surface area contributed by atoms with E-state index in [4.69, 9.17) is 0 Å². The predicted molar refractivity (Wildman–Crippen MR) is 184 cm³/mol. The number of carbonyl (C=O) groups is 7. The molecular formula is C33H44N8O9S. The van der Waals surface area contributed by atoms with Gasteiger partial charge in [0.2, 0.25) is 41.4 Å². The molecule has 0 spiro atoms. The van der Waals surface area contributed by atoms with Crippen LogP contribution in [0.1, 0.15) is 45.6 Å². The van der Waals surface area contributed by atoms with E-state index >= 15 is 0 Å². The monoisotopic (exact) mass is 728 g/mol. The van der Waals surface area contributed by atoms with E-state index in [1.807, 2.05) is 18.2 Å². The highest BCUT2D eigenvalue weighted by Crippen LogP contribution is 2.32. The molecule has 1 aromatic carbocycles. The number of para-hydroxylation sites is 1. The second kappa shape index (κ2) is 16.1. The van der Waals surface area contributed by atoms with Crippen LogP contribution in [-0.2, 0) is 40.0 Å². The average molecular weight is 729 g/mol. The lowest BCUT2D eigenvalue weighted by molar-refractivity contribution is -0.143. The molecule has 8 unspecified atom stereocenters. The third-order valence-electron chi connectivity index (χ3n) is 9.21. The molecule has 3 aliphatic heterocycles. The van der Waals surface area contributed by atoms with Gasteiger partial charge in [-0.3, -0.25) is 33.6 Å². The summed E-state index contributed by atoms with van der Waals surface area (Å²) in [5.74, 6) is -5.49. The van der Waals surface area contributed by atoms with Crippen molar-refractivity contribution >= 4 is 64.0 Å². The number of rotatable bonds is 3. The summed E-state index contributed by atoms with van der Waals surface area (Å²) in [4.78, 5) is 99.7. The van der Waals surface area contributed by atoms with Gasteiger partial charge in [0.1, 0.15) is 36.3 Å². The molecule has 17 nitrogen and oxygen atoms in total. The summed E-state index contributed by atoms with van der Waals surface area (Å²) in [6.07, 6.45) is -2.07. The van der Waals surface area contributed by atoms with Crippen molar-refractivity contribution < 1.29 is 43.8 Å². The summed E-state index contributed by atoms with van der Waals surface area (Å²) >= 11 is 1.14. The number of fused-ring (bicyclic) bond motifs is 5. The Morgan fingerprint density at radius 2 is 1.65 bits per heavy atom. The van der Waals surface area contributed by atoms with Crippen molar-refractivity contribution in [3.8, 4) is 0 Å². The predicted octanol–water partition coefficient (Wildman–Crippen LogP) is -2.47. The highest BCUT2D eigenvalue weighted by atomic mass is 32.2. The van der Waals surface area contributed by atoms with Crippen LogP contribution in [0.4, 0.5) is 0 Å². The number of aromatic nitrogens is 1. The van der Waals surface area contributed by atoms with Crippen molar-refractivity contribution in [3.05, 3.63) is 29.8 Å². The Balaban J connectivity index is 1.66. The van der Waals surface area contributed by atoms with Gasteiger partial charge in [0.15, 0.2) is 0 Å². The van der Waals surface area contributed by atoms with Crippen molar-refractivity contribution in [2.45, 2.75) is 99.9 Å². The first kappa shape index (κ1) is 37.6. The smallest absolute Gasteiger partial charge is 0.246 e. The number of aromatic amines is 1. The molecule has 1 fully saturated rings. The molecule has 51 heavy (non-hydrogen) atoms. The fourth-order valence-electron chi connectivity index (χ4n) is 6.47. The molecule has 5 rings (SSSR count). The van der Waals surface area contributed by atoms with Crippen LogP contribution in [0.5, 0.6) is 0 Å². The molecule has 8 atom stereocenters. The normalized spacial score (nSPS) is 29.5. The number of nitrogens with zero attached hydrogens (tertiary/aromatic N) is 1. The molecule has 3 aliphatic rings. The molecule has 276 valence electrons. The minimum atomic E-state index is -1.55. The van der Waals surface area contributed by atoms with Crippen LogP contribution in [0.3, 0.4) is 0 Å². The Morgan fingerprint density at radius 3 is 2.37 bits per heavy atom. The highest BCUT2D eigenvalue weighted by Gasteiger charge is 2.44. The summed E-state index contributed by atoms with van der Waals surface area (Å²) in [6.45, 7) is 3.82. The minimum absolute atomic E-state index is 0.0338. The Morgan fingerprint density at radius 1 is 0.902 bits per heavy atom. The molecule has 1 saturated heterocycles. The Labute approximate surface area is 297 Å². The zero-order valence-electron chi connectivity index (χ0n) is 28.5. The first-order valence-electron chi connectivity index (χ1n) is 17.0. The summed E-state index contributed by atoms with van der Waals surface area (Å²) in [5.41, 5.74) is 1.31. The molecule has 2 aromatic rings. The minimum Gasteiger partial charge on any atom is -0.391 e. The second-order valence-corrected chi connectivity index (χ2v) is 14.1. The van der Waals surface area contributed by atoms with Gasteiger partial charge in [-0.1, -0.05) is 31.5 Å². The van der Waals surface area contributed by atoms with Crippen molar-refractivity contribution in [3.63, 3.8) is 0 Å². The van der Waals surface area contributed by atoms with Crippen LogP contribution in [-0.4, -0.2) is 129 Å². The van der Waals surface area contributed by atoms with Gasteiger partial charge in [0.05, 0.1) is 23.8 Å². The molecule has 18 heteroatoms. The van der Waals surface area contributed by atoms with Gasteiger partial charge in [-0.15, -0.1) is 11.8 Å². The molecule has 7 amide bonds. The molecule has 9 N–H and O–H groups in total. The quantitative estimate of drug-likeness (QED) is 0.161. The van der Waals surface area contributed by atoms with E-state index in [-0.39, 0.29) is 31.6 Å². The summed E-state index contributed by atoms with van der Waals surface area (Å²) in [6, 6.07) is -0.597. The van der Waals surface area contributed by atoms with Crippen LogP contribution < -0.4 is 31.9 Å². The van der Waals surface area contributed by atoms with Gasteiger partial charge in [0.25, 0.3) is 0 Å². The highest BCUT2D eigenvalue weighted by molar-refractivity contribution is 7.99. The van der Waals surface area contributed by atoms with Gasteiger partial charge in [-0.25, -0.2) is 0 Å². The van der Waals surface area contributed by atoms with E-state index < -0.39 is 96.4 Å². The lowest BCUT2D eigenvalue weighted by atomic mass is 10.0. The van der Waals surface area contributed by atoms with Gasteiger partial charge in [0, 0.05) is 29.6 Å². The first-order valence-corrected chi connectivity index (χ1v) is 17.9. The van der Waals surface area contributed by atoms with Crippen LogP contribution in [0, 0.1) is 0 Å². The molecule has 1 aromatic heterocycles. The maximum atomic E-state index is 14.2. The van der Waals surface area contributed by atoms with E-state index in [9.17, 15) is 43.8 Å². The summed E-state index contributed by atoms with van der Waals surface area (Å²) in [5, 5.41) is 38.1. The Hall–Kier alpha value is -4.68. The number of nitrogens with one attached hydrogen (secondary N) is 7. The molecular weight excluding hydrogens is 684 g/mol. The average Bonchev–Trinajstić information content (AvgIpc) is 3.65. The number of H-pyrrole nitrogens is 1. The van der Waals surface area contributed by atoms with Crippen molar-refractivity contribution in [1.82, 2.24) is 41.8 Å². The number of amides is 7. The molecule has 4 heterocycles. The molecule has 0 radical (unpaired) electrons. The Bertz CT molecular complexity index is 1700. The van der Waals surface area contributed by atoms with Gasteiger partial charge in [-0.2, -0.15) is 0 Å². The number of thioether (sulfide) groups is 1. The van der Waals surface area contributed by atoms with Crippen LogP contribution in [0.15, 0.2) is 29.3 Å². The van der Waals surface area contributed by atoms with E-state index in [1.165, 1.54) is 13.8 Å². The molecule has 2 bridgehead atoms. The largest absolute Gasteiger partial charge is 0.391 e. The van der Waals surface area contributed by atoms with E-state index in [1.54, 1.807) is 13.0 Å². The van der Waals surface area contributed by atoms with Gasteiger partial charge < -0.3 is 52.0 Å². The summed E-state index contributed by atoms with van der Waals surface area (Å²) < 4.78 is 0. The summed E-state index contributed by atoms with van der Waals surface area (Å²) in [7, 11) is 0. The maximum absolute atomic E-state index is 14.2. The van der Waals surface area contributed by atoms with Crippen LogP contribution in [0.25, 0.3) is 10.9 Å². The fourth-order valence-corrected chi connectivity index (χ4v) is 7.58. The number of benzene rings is 1. The zero-order valence-corrected chi connectivity index (χ0v) is 29.3. The molecule has 0 saturated carbocycles. The second-order valence-electron chi connectivity index (χ2n) is 13.0. The SMILES string of the molecule is CCCC1NC(=O)C2Cc3c([nH]c4ccccc34)SCC(NC(=O)C(C(C)O)NC(=O)C(C)NC1=O)C(=O)N1CCC(O)C1C(=O)NCC(=O)N2. The number of aliphatic hydroxyl groups excluding tert-OH is 2. The maximum Gasteiger partial charge on any atom is 0.246 e. The standard InChI is InChI=1S/C33H44N8O9S/c1-4-7-20-28(46)35-15(2)27(45)40-25(16(3)42)30(48)38-22-14-51-32-18(17-8-5-6-9-19(17)39-32)12-21(29(47)37-20)36-24(44)13-34-31(49)26-23(43)10-11-41(26)33(22)50/h5-6,8-9,15-16,20-23,25-26,39,42-43H,4,7,10-14H2,1-3H3,(H,34,49)(H,35,46)(H,36,44)(H,37,47)(H,38,48)(H,40,45). The Kier molecular flexibility index (Phi) is 11.9. The number of hydrogen-bond donors (Lipinski definition) is 9.